The Hall–Kier alpha value is -2.73. The molecule has 0 aliphatic carbocycles. The molecule has 2 aromatic heterocycles. The molecular weight excluding hydrogens is 509 g/mol. The van der Waals surface area contributed by atoms with Crippen LogP contribution in [0, 0.1) is 18.6 Å². The maximum absolute atomic E-state index is 14.6. The summed E-state index contributed by atoms with van der Waals surface area (Å²) in [7, 11) is -1.33. The van der Waals surface area contributed by atoms with Crippen LogP contribution in [0.25, 0.3) is 11.4 Å². The molecule has 0 saturated carbocycles. The van der Waals surface area contributed by atoms with E-state index in [1.54, 1.807) is 22.6 Å². The predicted octanol–water partition coefficient (Wildman–Crippen LogP) is 6.20. The lowest BCUT2D eigenvalue weighted by Gasteiger charge is -2.24. The summed E-state index contributed by atoms with van der Waals surface area (Å²) in [6.45, 7) is 8.46. The van der Waals surface area contributed by atoms with E-state index in [4.69, 9.17) is 4.74 Å². The number of anilines is 1. The first kappa shape index (κ1) is 27.3. The smallest absolute Gasteiger partial charge is 0.257 e. The van der Waals surface area contributed by atoms with Crippen LogP contribution in [0.1, 0.15) is 23.6 Å². The summed E-state index contributed by atoms with van der Waals surface area (Å²) in [5.74, 6) is -0.886. The molecule has 37 heavy (non-hydrogen) atoms. The van der Waals surface area contributed by atoms with Gasteiger partial charge in [-0.25, -0.2) is 26.6 Å². The second-order valence-corrected chi connectivity index (χ2v) is 16.3. The fourth-order valence-electron chi connectivity index (χ4n) is 4.47. The minimum absolute atomic E-state index is 0.0165. The Morgan fingerprint density at radius 2 is 1.89 bits per heavy atom. The van der Waals surface area contributed by atoms with Crippen LogP contribution in [0.2, 0.25) is 25.7 Å². The highest BCUT2D eigenvalue weighted by Gasteiger charge is 2.37. The number of ether oxygens (including phenoxy) is 1. The number of alkyl halides is 3. The van der Waals surface area contributed by atoms with Gasteiger partial charge in [0.25, 0.3) is 6.43 Å². The van der Waals surface area contributed by atoms with Crippen molar-refractivity contribution in [3.63, 3.8) is 0 Å². The van der Waals surface area contributed by atoms with E-state index in [1.807, 2.05) is 0 Å². The summed E-state index contributed by atoms with van der Waals surface area (Å²) in [5.41, 5.74) is 1.67. The van der Waals surface area contributed by atoms with Gasteiger partial charge in [0, 0.05) is 38.9 Å². The molecule has 0 unspecified atom stereocenters. The van der Waals surface area contributed by atoms with Crippen LogP contribution in [0.4, 0.5) is 27.8 Å². The topological polar surface area (TPSA) is 48.1 Å². The van der Waals surface area contributed by atoms with Crippen molar-refractivity contribution in [2.75, 3.05) is 18.1 Å². The van der Waals surface area contributed by atoms with Crippen LogP contribution in [0.3, 0.4) is 0 Å². The molecule has 0 N–H and O–H groups in total. The van der Waals surface area contributed by atoms with Gasteiger partial charge in [-0.3, -0.25) is 4.68 Å². The lowest BCUT2D eigenvalue weighted by Crippen LogP contribution is -2.25. The van der Waals surface area contributed by atoms with E-state index in [9.17, 15) is 22.0 Å². The molecule has 1 aliphatic rings. The average Bonchev–Trinajstić information content (AvgIpc) is 3.48. The maximum atomic E-state index is 14.6. The zero-order chi connectivity index (χ0) is 26.9. The first-order valence-corrected chi connectivity index (χ1v) is 16.0. The molecule has 1 aromatic carbocycles. The molecule has 0 radical (unpaired) electrons. The SMILES string of the molecule is Cc1cn(CC(F)F)nc1-c1cc(N2C[C@@H](F)C[C@@H]2c2cc(F)ccc2F)nn1COCC[Si](C)(C)C. The van der Waals surface area contributed by atoms with Gasteiger partial charge in [-0.15, -0.1) is 0 Å². The zero-order valence-electron chi connectivity index (χ0n) is 21.4. The van der Waals surface area contributed by atoms with E-state index >= 15 is 0 Å². The van der Waals surface area contributed by atoms with Gasteiger partial charge in [0.2, 0.25) is 0 Å². The van der Waals surface area contributed by atoms with E-state index in [0.29, 0.717) is 29.4 Å². The molecule has 4 rings (SSSR count). The van der Waals surface area contributed by atoms with Crippen molar-refractivity contribution in [1.29, 1.82) is 0 Å². The van der Waals surface area contributed by atoms with Crippen molar-refractivity contribution >= 4 is 13.9 Å². The number of aromatic nitrogens is 4. The number of halogens is 5. The summed E-state index contributed by atoms with van der Waals surface area (Å²) in [4.78, 5) is 1.61. The Morgan fingerprint density at radius 1 is 1.14 bits per heavy atom. The van der Waals surface area contributed by atoms with Gasteiger partial charge < -0.3 is 9.64 Å². The van der Waals surface area contributed by atoms with Crippen molar-refractivity contribution in [2.45, 2.75) is 70.9 Å². The third-order valence-electron chi connectivity index (χ3n) is 6.35. The Labute approximate surface area is 214 Å². The number of hydrogen-bond donors (Lipinski definition) is 0. The number of benzene rings is 1. The van der Waals surface area contributed by atoms with E-state index in [2.05, 4.69) is 29.8 Å². The number of hydrogen-bond acceptors (Lipinski definition) is 4. The molecule has 3 heterocycles. The molecule has 1 aliphatic heterocycles. The highest BCUT2D eigenvalue weighted by Crippen LogP contribution is 2.39. The zero-order valence-corrected chi connectivity index (χ0v) is 22.4. The van der Waals surface area contributed by atoms with Crippen LogP contribution >= 0.6 is 0 Å². The first-order chi connectivity index (χ1) is 17.4. The fourth-order valence-corrected chi connectivity index (χ4v) is 5.23. The van der Waals surface area contributed by atoms with Crippen molar-refractivity contribution in [3.05, 3.63) is 53.2 Å². The van der Waals surface area contributed by atoms with E-state index in [-0.39, 0.29) is 25.3 Å². The molecule has 1 saturated heterocycles. The molecule has 3 aromatic rings. The third kappa shape index (κ3) is 6.59. The summed E-state index contributed by atoms with van der Waals surface area (Å²) in [5, 5.41) is 8.96. The summed E-state index contributed by atoms with van der Waals surface area (Å²) in [6, 6.07) is 4.99. The van der Waals surface area contributed by atoms with Gasteiger partial charge in [0.05, 0.1) is 18.3 Å². The normalized spacial score (nSPS) is 18.4. The average molecular weight is 542 g/mol. The molecule has 6 nitrogen and oxygen atoms in total. The van der Waals surface area contributed by atoms with E-state index in [0.717, 1.165) is 24.2 Å². The van der Waals surface area contributed by atoms with Crippen molar-refractivity contribution in [3.8, 4) is 11.4 Å². The van der Waals surface area contributed by atoms with Crippen LogP contribution in [-0.2, 0) is 18.0 Å². The molecule has 2 atom stereocenters. The molecule has 0 amide bonds. The molecular formula is C25H32F5N5OSi. The number of rotatable bonds is 10. The molecule has 1 fully saturated rings. The summed E-state index contributed by atoms with van der Waals surface area (Å²) < 4.78 is 77.7. The quantitative estimate of drug-likeness (QED) is 0.174. The Kier molecular flexibility index (Phi) is 8.07. The fraction of sp³-hybridized carbons (Fsp3) is 0.520. The Morgan fingerprint density at radius 3 is 2.59 bits per heavy atom. The Balaban J connectivity index is 1.69. The monoisotopic (exact) mass is 541 g/mol. The van der Waals surface area contributed by atoms with Crippen molar-refractivity contribution in [2.24, 2.45) is 0 Å². The van der Waals surface area contributed by atoms with Crippen LogP contribution < -0.4 is 4.90 Å². The van der Waals surface area contributed by atoms with Gasteiger partial charge in [-0.05, 0) is 36.7 Å². The summed E-state index contributed by atoms with van der Waals surface area (Å²) >= 11 is 0. The van der Waals surface area contributed by atoms with Crippen LogP contribution in [0.5, 0.6) is 0 Å². The van der Waals surface area contributed by atoms with Gasteiger partial charge in [0.15, 0.2) is 5.82 Å². The Bertz CT molecular complexity index is 1220. The second kappa shape index (κ2) is 10.9. The molecule has 202 valence electrons. The standard InChI is InChI=1S/C25H32F5N5OSi/c1-16-12-33(14-23(29)30)32-25(16)22-11-24(31-35(22)15-36-7-8-37(2,3)4)34-13-18(27)10-21(34)19-9-17(26)5-6-20(19)28/h5-6,9,11-12,18,21,23H,7-8,10,13-15H2,1-4H3/t18-,21+/m0/s1. The minimum atomic E-state index is -2.56. The lowest BCUT2D eigenvalue weighted by molar-refractivity contribution is 0.0798. The minimum Gasteiger partial charge on any atom is -0.360 e. The summed E-state index contributed by atoms with van der Waals surface area (Å²) in [6.07, 6.45) is -2.31. The van der Waals surface area contributed by atoms with Gasteiger partial charge in [-0.1, -0.05) is 19.6 Å². The maximum Gasteiger partial charge on any atom is 0.257 e. The predicted molar refractivity (Wildman–Crippen MR) is 134 cm³/mol. The highest BCUT2D eigenvalue weighted by molar-refractivity contribution is 6.76. The molecule has 0 spiro atoms. The van der Waals surface area contributed by atoms with E-state index in [1.165, 1.54) is 10.9 Å². The lowest BCUT2D eigenvalue weighted by atomic mass is 10.0. The van der Waals surface area contributed by atoms with Gasteiger partial charge >= 0.3 is 0 Å². The highest BCUT2D eigenvalue weighted by atomic mass is 28.3. The largest absolute Gasteiger partial charge is 0.360 e. The molecule has 0 bridgehead atoms. The van der Waals surface area contributed by atoms with E-state index < -0.39 is 44.9 Å². The molecule has 12 heteroatoms. The second-order valence-electron chi connectivity index (χ2n) is 10.7. The van der Waals surface area contributed by atoms with Gasteiger partial charge in [0.1, 0.15) is 36.8 Å². The number of nitrogens with zero attached hydrogens (tertiary/aromatic N) is 5. The third-order valence-corrected chi connectivity index (χ3v) is 8.05. The van der Waals surface area contributed by atoms with Gasteiger partial charge in [-0.2, -0.15) is 10.2 Å². The van der Waals surface area contributed by atoms with Crippen LogP contribution in [0.15, 0.2) is 30.5 Å². The van der Waals surface area contributed by atoms with Crippen molar-refractivity contribution < 1.29 is 26.7 Å². The number of aryl methyl sites for hydroxylation is 1. The van der Waals surface area contributed by atoms with Crippen molar-refractivity contribution in [1.82, 2.24) is 19.6 Å². The first-order valence-electron chi connectivity index (χ1n) is 12.2. The van der Waals surface area contributed by atoms with Crippen LogP contribution in [-0.4, -0.2) is 53.4 Å².